The van der Waals surface area contributed by atoms with E-state index >= 15 is 0 Å². The van der Waals surface area contributed by atoms with Gasteiger partial charge in [-0.2, -0.15) is 4.39 Å². The molecule has 1 saturated carbocycles. The maximum atomic E-state index is 12.9. The largest absolute Gasteiger partial charge is 0.367 e. The Morgan fingerprint density at radius 3 is 2.62 bits per heavy atom. The summed E-state index contributed by atoms with van der Waals surface area (Å²) < 4.78 is 12.9. The summed E-state index contributed by atoms with van der Waals surface area (Å²) in [7, 11) is 0. The Kier molecular flexibility index (Phi) is 3.13. The predicted octanol–water partition coefficient (Wildman–Crippen LogP) is 3.60. The number of rotatable bonds is 2. The van der Waals surface area contributed by atoms with Crippen molar-refractivity contribution in [3.63, 3.8) is 0 Å². The van der Waals surface area contributed by atoms with Crippen molar-refractivity contribution in [2.45, 2.75) is 45.6 Å². The number of anilines is 1. The van der Waals surface area contributed by atoms with Crippen LogP contribution in [0.4, 0.5) is 10.2 Å². The number of aromatic nitrogens is 1. The van der Waals surface area contributed by atoms with Gasteiger partial charge in [-0.3, -0.25) is 0 Å². The smallest absolute Gasteiger partial charge is 0.214 e. The third-order valence-electron chi connectivity index (χ3n) is 3.41. The molecule has 0 unspecified atom stereocenters. The molecule has 0 saturated heterocycles. The van der Waals surface area contributed by atoms with Gasteiger partial charge >= 0.3 is 0 Å². The Bertz CT molecular complexity index is 353. The molecule has 0 aliphatic heterocycles. The van der Waals surface area contributed by atoms with Crippen molar-refractivity contribution < 1.29 is 4.39 Å². The Labute approximate surface area is 96.3 Å². The Morgan fingerprint density at radius 1 is 1.31 bits per heavy atom. The zero-order valence-electron chi connectivity index (χ0n) is 9.96. The monoisotopic (exact) mass is 222 g/mol. The van der Waals surface area contributed by atoms with Crippen molar-refractivity contribution in [1.29, 1.82) is 0 Å². The lowest BCUT2D eigenvalue weighted by Crippen LogP contribution is -2.30. The first-order valence-electron chi connectivity index (χ1n) is 5.94. The van der Waals surface area contributed by atoms with Gasteiger partial charge < -0.3 is 5.32 Å². The quantitative estimate of drug-likeness (QED) is 0.773. The molecular formula is C13H19FN2. The molecule has 3 heteroatoms. The summed E-state index contributed by atoms with van der Waals surface area (Å²) in [6.45, 7) is 4.62. The Morgan fingerprint density at radius 2 is 2.00 bits per heavy atom. The van der Waals surface area contributed by atoms with Gasteiger partial charge in [-0.05, 0) is 43.2 Å². The van der Waals surface area contributed by atoms with Crippen molar-refractivity contribution >= 4 is 5.82 Å². The van der Waals surface area contributed by atoms with Crippen LogP contribution < -0.4 is 5.32 Å². The van der Waals surface area contributed by atoms with E-state index in [4.69, 9.17) is 0 Å². The van der Waals surface area contributed by atoms with Crippen molar-refractivity contribution in [2.24, 2.45) is 5.41 Å². The van der Waals surface area contributed by atoms with Crippen molar-refractivity contribution in [2.75, 3.05) is 5.32 Å². The Hall–Kier alpha value is -1.12. The number of pyridine rings is 1. The highest BCUT2D eigenvalue weighted by Crippen LogP contribution is 2.35. The number of hydrogen-bond donors (Lipinski definition) is 1. The SMILES string of the molecule is CC1(C)CCC(Nc2cccc(F)n2)CC1. The molecule has 1 fully saturated rings. The maximum Gasteiger partial charge on any atom is 0.214 e. The minimum Gasteiger partial charge on any atom is -0.367 e. The molecule has 0 aromatic carbocycles. The lowest BCUT2D eigenvalue weighted by atomic mass is 9.75. The topological polar surface area (TPSA) is 24.9 Å². The average Bonchev–Trinajstić information content (AvgIpc) is 2.21. The van der Waals surface area contributed by atoms with Crippen LogP contribution in [0.3, 0.4) is 0 Å². The molecule has 0 spiro atoms. The van der Waals surface area contributed by atoms with Gasteiger partial charge in [-0.15, -0.1) is 0 Å². The number of hydrogen-bond acceptors (Lipinski definition) is 2. The molecule has 1 N–H and O–H groups in total. The minimum atomic E-state index is -0.416. The van der Waals surface area contributed by atoms with Crippen LogP contribution in [0.1, 0.15) is 39.5 Å². The Balaban J connectivity index is 1.92. The number of halogens is 1. The fourth-order valence-electron chi connectivity index (χ4n) is 2.24. The van der Waals surface area contributed by atoms with E-state index in [9.17, 15) is 4.39 Å². The lowest BCUT2D eigenvalue weighted by Gasteiger charge is -2.34. The zero-order chi connectivity index (χ0) is 11.6. The molecule has 88 valence electrons. The van der Waals surface area contributed by atoms with Crippen LogP contribution in [-0.4, -0.2) is 11.0 Å². The minimum absolute atomic E-state index is 0.416. The van der Waals surface area contributed by atoms with Gasteiger partial charge in [0.25, 0.3) is 0 Å². The summed E-state index contributed by atoms with van der Waals surface area (Å²) in [6, 6.07) is 5.33. The van der Waals surface area contributed by atoms with E-state index in [0.717, 1.165) is 12.8 Å². The van der Waals surface area contributed by atoms with Gasteiger partial charge in [-0.25, -0.2) is 4.98 Å². The molecule has 0 radical (unpaired) electrons. The molecule has 1 aromatic rings. The molecule has 0 atom stereocenters. The van der Waals surface area contributed by atoms with E-state index < -0.39 is 5.95 Å². The first-order chi connectivity index (χ1) is 7.55. The molecule has 1 aliphatic carbocycles. The average molecular weight is 222 g/mol. The molecular weight excluding hydrogens is 203 g/mol. The van der Waals surface area contributed by atoms with Crippen molar-refractivity contribution in [3.05, 3.63) is 24.1 Å². The molecule has 2 nitrogen and oxygen atoms in total. The molecule has 16 heavy (non-hydrogen) atoms. The van der Waals surface area contributed by atoms with E-state index in [1.54, 1.807) is 6.07 Å². The third kappa shape index (κ3) is 2.94. The second-order valence-corrected chi connectivity index (χ2v) is 5.43. The molecule has 0 amide bonds. The van der Waals surface area contributed by atoms with Crippen LogP contribution in [0.2, 0.25) is 0 Å². The number of nitrogens with one attached hydrogen (secondary N) is 1. The fourth-order valence-corrected chi connectivity index (χ4v) is 2.24. The van der Waals surface area contributed by atoms with E-state index in [-0.39, 0.29) is 0 Å². The van der Waals surface area contributed by atoms with Crippen molar-refractivity contribution in [1.82, 2.24) is 4.98 Å². The fraction of sp³-hybridized carbons (Fsp3) is 0.615. The molecule has 1 heterocycles. The van der Waals surface area contributed by atoms with Gasteiger partial charge in [0.05, 0.1) is 0 Å². The molecule has 0 bridgehead atoms. The summed E-state index contributed by atoms with van der Waals surface area (Å²) in [4.78, 5) is 3.83. The normalized spacial score (nSPS) is 20.7. The van der Waals surface area contributed by atoms with Gasteiger partial charge in [0.2, 0.25) is 5.95 Å². The molecule has 1 aliphatic rings. The van der Waals surface area contributed by atoms with E-state index in [2.05, 4.69) is 24.1 Å². The summed E-state index contributed by atoms with van der Waals surface area (Å²) in [5, 5.41) is 3.31. The second kappa shape index (κ2) is 4.40. The van der Waals surface area contributed by atoms with Crippen LogP contribution >= 0.6 is 0 Å². The number of nitrogens with zero attached hydrogens (tertiary/aromatic N) is 1. The van der Waals surface area contributed by atoms with Gasteiger partial charge in [-0.1, -0.05) is 19.9 Å². The van der Waals surface area contributed by atoms with Gasteiger partial charge in [0, 0.05) is 6.04 Å². The highest BCUT2D eigenvalue weighted by atomic mass is 19.1. The molecule has 2 rings (SSSR count). The third-order valence-corrected chi connectivity index (χ3v) is 3.41. The first-order valence-corrected chi connectivity index (χ1v) is 5.94. The van der Waals surface area contributed by atoms with Gasteiger partial charge in [0.15, 0.2) is 0 Å². The second-order valence-electron chi connectivity index (χ2n) is 5.43. The highest BCUT2D eigenvalue weighted by Gasteiger charge is 2.26. The van der Waals surface area contributed by atoms with Crippen LogP contribution in [0.5, 0.6) is 0 Å². The molecule has 1 aromatic heterocycles. The summed E-state index contributed by atoms with van der Waals surface area (Å²) >= 11 is 0. The van der Waals surface area contributed by atoms with Gasteiger partial charge in [0.1, 0.15) is 5.82 Å². The first kappa shape index (κ1) is 11.4. The van der Waals surface area contributed by atoms with E-state index in [1.807, 2.05) is 6.07 Å². The summed E-state index contributed by atoms with van der Waals surface area (Å²) in [5.74, 6) is 0.242. The summed E-state index contributed by atoms with van der Waals surface area (Å²) in [6.07, 6.45) is 4.73. The standard InChI is InChI=1S/C13H19FN2/c1-13(2)8-6-10(7-9-13)15-12-5-3-4-11(14)16-12/h3-5,10H,6-9H2,1-2H3,(H,15,16). The van der Waals surface area contributed by atoms with Crippen molar-refractivity contribution in [3.8, 4) is 0 Å². The van der Waals surface area contributed by atoms with Crippen LogP contribution in [-0.2, 0) is 0 Å². The van der Waals surface area contributed by atoms with E-state index in [0.29, 0.717) is 17.3 Å². The lowest BCUT2D eigenvalue weighted by molar-refractivity contribution is 0.232. The zero-order valence-corrected chi connectivity index (χ0v) is 9.96. The predicted molar refractivity (Wildman–Crippen MR) is 63.9 cm³/mol. The van der Waals surface area contributed by atoms with E-state index in [1.165, 1.54) is 18.9 Å². The van der Waals surface area contributed by atoms with Crippen LogP contribution in [0.15, 0.2) is 18.2 Å². The van der Waals surface area contributed by atoms with Crippen LogP contribution in [0, 0.1) is 11.4 Å². The highest BCUT2D eigenvalue weighted by molar-refractivity contribution is 5.34. The van der Waals surface area contributed by atoms with Crippen LogP contribution in [0.25, 0.3) is 0 Å². The maximum absolute atomic E-state index is 12.9. The summed E-state index contributed by atoms with van der Waals surface area (Å²) in [5.41, 5.74) is 0.466.